The minimum Gasteiger partial charge on any atom is -0.330 e. The average Bonchev–Trinajstić information content (AvgIpc) is 3.46. The Kier molecular flexibility index (Phi) is 5.71. The first-order chi connectivity index (χ1) is 15.6. The molecule has 0 fully saturated rings. The Hall–Kier alpha value is -3.31. The van der Waals surface area contributed by atoms with E-state index >= 15 is 0 Å². The molecular weight excluding hydrogens is 472 g/mol. The Labute approximate surface area is 188 Å². The molecule has 4 rings (SSSR count). The van der Waals surface area contributed by atoms with Gasteiger partial charge in [0, 0.05) is 11.1 Å². The molecule has 0 saturated carbocycles. The minimum atomic E-state index is -4.58. The fraction of sp³-hybridized carbons (Fsp3) is 0.235. The van der Waals surface area contributed by atoms with E-state index in [1.54, 1.807) is 24.3 Å². The zero-order valence-electron chi connectivity index (χ0n) is 17.0. The van der Waals surface area contributed by atoms with E-state index in [2.05, 4.69) is 35.8 Å². The number of nitrogens with one attached hydrogen (secondary N) is 2. The largest absolute Gasteiger partial charge is 0.330 e. The average molecular weight is 493 g/mol. The second-order valence-corrected chi connectivity index (χ2v) is 10.8. The van der Waals surface area contributed by atoms with Gasteiger partial charge in [0.1, 0.15) is 16.3 Å². The van der Waals surface area contributed by atoms with Crippen LogP contribution in [0.1, 0.15) is 17.8 Å². The molecule has 1 aliphatic carbocycles. The zero-order chi connectivity index (χ0) is 23.9. The molecule has 2 atom stereocenters. The maximum absolute atomic E-state index is 12.9. The quantitative estimate of drug-likeness (QED) is 0.255. The molecule has 33 heavy (non-hydrogen) atoms. The van der Waals surface area contributed by atoms with Gasteiger partial charge in [0.15, 0.2) is 5.82 Å². The maximum Gasteiger partial charge on any atom is 0.220 e. The molecule has 174 valence electrons. The van der Waals surface area contributed by atoms with E-state index in [-0.39, 0.29) is 24.4 Å². The van der Waals surface area contributed by atoms with Crippen molar-refractivity contribution < 1.29 is 16.8 Å². The summed E-state index contributed by atoms with van der Waals surface area (Å²) < 4.78 is 49.2. The third-order valence-corrected chi connectivity index (χ3v) is 8.47. The van der Waals surface area contributed by atoms with Gasteiger partial charge >= 0.3 is 0 Å². The number of tetrazole rings is 1. The third-order valence-electron chi connectivity index (χ3n) is 5.37. The number of hydrogen-bond acceptors (Lipinski definition) is 10. The van der Waals surface area contributed by atoms with Crippen LogP contribution in [0.15, 0.2) is 42.7 Å². The van der Waals surface area contributed by atoms with E-state index < -0.39 is 30.0 Å². The van der Waals surface area contributed by atoms with Crippen molar-refractivity contribution in [3.8, 4) is 11.4 Å². The minimum absolute atomic E-state index is 0.0778. The number of aromatic amines is 2. The molecule has 2 heterocycles. The zero-order valence-corrected chi connectivity index (χ0v) is 18.6. The first-order valence-electron chi connectivity index (χ1n) is 9.46. The van der Waals surface area contributed by atoms with E-state index in [4.69, 9.17) is 16.0 Å². The number of aromatic nitrogens is 7. The molecule has 3 aromatic rings. The Morgan fingerprint density at radius 1 is 1.12 bits per heavy atom. The second kappa shape index (κ2) is 8.23. The van der Waals surface area contributed by atoms with Gasteiger partial charge in [0.05, 0.1) is 0 Å². The predicted octanol–water partition coefficient (Wildman–Crippen LogP) is -1.50. The Balaban J connectivity index is 2.05. The maximum atomic E-state index is 12.9. The molecule has 0 radical (unpaired) electrons. The van der Waals surface area contributed by atoms with Gasteiger partial charge in [-0.3, -0.25) is 5.10 Å². The van der Waals surface area contributed by atoms with Gasteiger partial charge in [-0.25, -0.2) is 32.1 Å². The van der Waals surface area contributed by atoms with Crippen LogP contribution in [-0.2, 0) is 20.0 Å². The van der Waals surface area contributed by atoms with Crippen molar-refractivity contribution in [1.82, 2.24) is 35.8 Å². The van der Waals surface area contributed by atoms with Crippen molar-refractivity contribution >= 4 is 31.2 Å². The van der Waals surface area contributed by atoms with Crippen molar-refractivity contribution in [2.45, 2.75) is 16.4 Å². The lowest BCUT2D eigenvalue weighted by atomic mass is 9.83. The highest BCUT2D eigenvalue weighted by molar-refractivity contribution is 7.94. The second-order valence-electron chi connectivity index (χ2n) is 7.32. The molecule has 0 spiro atoms. The number of primary sulfonamides is 2. The highest BCUT2D eigenvalue weighted by Crippen LogP contribution is 2.45. The van der Waals surface area contributed by atoms with Crippen LogP contribution in [0.5, 0.6) is 0 Å². The van der Waals surface area contributed by atoms with Crippen LogP contribution in [0.4, 0.5) is 0 Å². The fourth-order valence-electron chi connectivity index (χ4n) is 4.00. The summed E-state index contributed by atoms with van der Waals surface area (Å²) in [5.41, 5.74) is 7.06. The van der Waals surface area contributed by atoms with E-state index in [0.717, 1.165) is 0 Å². The van der Waals surface area contributed by atoms with E-state index in [0.29, 0.717) is 22.5 Å². The molecule has 0 amide bonds. The molecule has 2 unspecified atom stereocenters. The number of nitrogens with zero attached hydrogens (tertiary/aromatic N) is 5. The van der Waals surface area contributed by atoms with Crippen LogP contribution in [-0.4, -0.2) is 69.2 Å². The summed E-state index contributed by atoms with van der Waals surface area (Å²) in [5.74, 6) is 0.326. The summed E-state index contributed by atoms with van der Waals surface area (Å²) in [7, 11) is -9.11. The lowest BCUT2D eigenvalue weighted by Crippen LogP contribution is -2.58. The number of benzene rings is 1. The number of H-pyrrole nitrogens is 2. The van der Waals surface area contributed by atoms with Gasteiger partial charge in [0.25, 0.3) is 0 Å². The van der Waals surface area contributed by atoms with Crippen LogP contribution in [0, 0.1) is 0 Å². The molecular formula is C17H20N10O4S2. The molecule has 1 aliphatic rings. The molecule has 16 heteroatoms. The van der Waals surface area contributed by atoms with Gasteiger partial charge in [-0.1, -0.05) is 30.4 Å². The third kappa shape index (κ3) is 3.98. The van der Waals surface area contributed by atoms with Crippen molar-refractivity contribution in [2.75, 3.05) is 6.54 Å². The lowest BCUT2D eigenvalue weighted by molar-refractivity contribution is 0.524. The van der Waals surface area contributed by atoms with Gasteiger partial charge in [0.2, 0.25) is 25.9 Å². The molecule has 1 aromatic carbocycles. The Morgan fingerprint density at radius 2 is 1.88 bits per heavy atom. The standard InChI is InChI=1S/C17H20N10O4S2/c18-7-6-17(33(20,30)31)5-4-12(10-2-1-3-11(8-10)15-21-9-22-23-15)13(14(17)32(19,28)29)16-24-26-27-25-16/h1-5,8-9,14H,6-7,18H2,(H2,19,28,29)(H2,20,30,31)(H,21,22,23)(H,24,25,26,27). The molecule has 8 N–H and O–H groups in total. The van der Waals surface area contributed by atoms with Crippen molar-refractivity contribution in [2.24, 2.45) is 16.0 Å². The lowest BCUT2D eigenvalue weighted by Gasteiger charge is -2.38. The summed E-state index contributed by atoms with van der Waals surface area (Å²) in [6.07, 6.45) is 3.70. The number of rotatable bonds is 7. The number of hydrogen-bond donors (Lipinski definition) is 5. The van der Waals surface area contributed by atoms with Crippen molar-refractivity contribution in [3.63, 3.8) is 0 Å². The van der Waals surface area contributed by atoms with E-state index in [9.17, 15) is 16.8 Å². The fourth-order valence-corrected chi connectivity index (χ4v) is 7.19. The number of nitrogens with two attached hydrogens (primary N) is 3. The smallest absolute Gasteiger partial charge is 0.220 e. The number of sulfonamides is 2. The predicted molar refractivity (Wildman–Crippen MR) is 118 cm³/mol. The Bertz CT molecular complexity index is 1430. The van der Waals surface area contributed by atoms with Gasteiger partial charge in [-0.15, -0.1) is 10.2 Å². The normalized spacial score (nSPS) is 21.5. The van der Waals surface area contributed by atoms with Crippen LogP contribution in [0.25, 0.3) is 22.5 Å². The summed E-state index contributed by atoms with van der Waals surface area (Å²) >= 11 is 0. The van der Waals surface area contributed by atoms with Gasteiger partial charge in [-0.05, 0) is 35.4 Å². The highest BCUT2D eigenvalue weighted by atomic mass is 32.2. The van der Waals surface area contributed by atoms with Crippen LogP contribution in [0.3, 0.4) is 0 Å². The van der Waals surface area contributed by atoms with Gasteiger partial charge in [-0.2, -0.15) is 10.3 Å². The number of allylic oxidation sites excluding steroid dienone is 2. The molecule has 0 bridgehead atoms. The summed E-state index contributed by atoms with van der Waals surface area (Å²) in [6.45, 7) is -0.178. The molecule has 2 aromatic heterocycles. The van der Waals surface area contributed by atoms with Crippen LogP contribution >= 0.6 is 0 Å². The molecule has 0 aliphatic heterocycles. The topological polar surface area (TPSA) is 242 Å². The molecule has 14 nitrogen and oxygen atoms in total. The monoisotopic (exact) mass is 492 g/mol. The van der Waals surface area contributed by atoms with E-state index in [1.807, 2.05) is 0 Å². The van der Waals surface area contributed by atoms with Crippen molar-refractivity contribution in [1.29, 1.82) is 0 Å². The van der Waals surface area contributed by atoms with Crippen molar-refractivity contribution in [3.05, 3.63) is 54.1 Å². The SMILES string of the molecule is NCCC1(S(N)(=O)=O)C=CC(c2cccc(-c3ncn[nH]3)c2)=C(c2nn[nH]n2)C1S(N)(=O)=O. The highest BCUT2D eigenvalue weighted by Gasteiger charge is 2.56. The summed E-state index contributed by atoms with van der Waals surface area (Å²) in [4.78, 5) is 4.11. The van der Waals surface area contributed by atoms with E-state index in [1.165, 1.54) is 18.5 Å². The van der Waals surface area contributed by atoms with Crippen LogP contribution < -0.4 is 16.0 Å². The van der Waals surface area contributed by atoms with Crippen LogP contribution in [0.2, 0.25) is 0 Å². The summed E-state index contributed by atoms with van der Waals surface area (Å²) in [6, 6.07) is 6.90. The van der Waals surface area contributed by atoms with Gasteiger partial charge < -0.3 is 5.73 Å². The Morgan fingerprint density at radius 3 is 2.45 bits per heavy atom. The first kappa shape index (κ1) is 22.9. The summed E-state index contributed by atoms with van der Waals surface area (Å²) in [5, 5.41) is 29.4. The first-order valence-corrected chi connectivity index (χ1v) is 12.6. The molecule has 0 saturated heterocycles.